The fourth-order valence-corrected chi connectivity index (χ4v) is 3.08. The molecule has 0 amide bonds. The molecule has 6 heteroatoms. The second-order valence-corrected chi connectivity index (χ2v) is 7.76. The standard InChI is InChI=1S/C16H19ClN2O2S.2C2H6/c1-12-10-15(17)11-14(8-9-19(2)18-12)13-4-6-16(7-5-13)22(3,20)21;2*1-2/h4-8,10-11,18H,9H2,1-3H3;2*1-2H3/b12-10+,14-8-,15-11+;;. The molecule has 1 aliphatic rings. The van der Waals surface area contributed by atoms with Crippen molar-refractivity contribution in [2.24, 2.45) is 0 Å². The Morgan fingerprint density at radius 3 is 2.08 bits per heavy atom. The minimum atomic E-state index is -3.18. The van der Waals surface area contributed by atoms with Crippen LogP contribution in [0.4, 0.5) is 0 Å². The molecule has 0 saturated carbocycles. The van der Waals surface area contributed by atoms with E-state index in [9.17, 15) is 8.42 Å². The van der Waals surface area contributed by atoms with Crippen LogP contribution in [0.1, 0.15) is 40.2 Å². The number of sulfone groups is 1. The lowest BCUT2D eigenvalue weighted by Crippen LogP contribution is -2.32. The number of benzene rings is 1. The van der Waals surface area contributed by atoms with Gasteiger partial charge >= 0.3 is 0 Å². The summed E-state index contributed by atoms with van der Waals surface area (Å²) >= 11 is 6.25. The summed E-state index contributed by atoms with van der Waals surface area (Å²) in [6.07, 6.45) is 6.97. The van der Waals surface area contributed by atoms with Crippen LogP contribution in [0.5, 0.6) is 0 Å². The van der Waals surface area contributed by atoms with Crippen LogP contribution in [0.25, 0.3) is 5.57 Å². The molecule has 2 rings (SSSR count). The van der Waals surface area contributed by atoms with Gasteiger partial charge in [0.2, 0.25) is 0 Å². The van der Waals surface area contributed by atoms with Crippen molar-refractivity contribution in [3.8, 4) is 0 Å². The van der Waals surface area contributed by atoms with Gasteiger partial charge < -0.3 is 5.43 Å². The second-order valence-electron chi connectivity index (χ2n) is 5.30. The number of nitrogens with zero attached hydrogens (tertiary/aromatic N) is 1. The van der Waals surface area contributed by atoms with Gasteiger partial charge in [0.1, 0.15) is 0 Å². The molecule has 146 valence electrons. The molecule has 0 aliphatic carbocycles. The Morgan fingerprint density at radius 1 is 1.04 bits per heavy atom. The van der Waals surface area contributed by atoms with Gasteiger partial charge in [-0.15, -0.1) is 0 Å². The van der Waals surface area contributed by atoms with E-state index in [-0.39, 0.29) is 0 Å². The Labute approximate surface area is 164 Å². The fourth-order valence-electron chi connectivity index (χ4n) is 2.17. The maximum atomic E-state index is 11.5. The van der Waals surface area contributed by atoms with Crippen LogP contribution in [0.15, 0.2) is 58.1 Å². The minimum absolute atomic E-state index is 0.310. The largest absolute Gasteiger partial charge is 0.323 e. The summed E-state index contributed by atoms with van der Waals surface area (Å²) in [7, 11) is -1.24. The lowest BCUT2D eigenvalue weighted by molar-refractivity contribution is 0.295. The molecule has 0 saturated heterocycles. The maximum Gasteiger partial charge on any atom is 0.175 e. The molecule has 1 heterocycles. The van der Waals surface area contributed by atoms with Gasteiger partial charge in [0, 0.05) is 30.6 Å². The predicted molar refractivity (Wildman–Crippen MR) is 114 cm³/mol. The van der Waals surface area contributed by atoms with E-state index < -0.39 is 9.84 Å². The SMILES string of the molecule is CC.CC.C\C1=C/C(Cl)=C\C(c2ccc(S(C)(=O)=O)cc2)=C\CN(C)N1. The summed E-state index contributed by atoms with van der Waals surface area (Å²) in [5.41, 5.74) is 6.02. The average molecular weight is 399 g/mol. The first-order chi connectivity index (χ1) is 12.3. The zero-order chi connectivity index (χ0) is 20.3. The Balaban J connectivity index is 0.00000146. The van der Waals surface area contributed by atoms with Gasteiger partial charge in [-0.2, -0.15) is 0 Å². The second kappa shape index (κ2) is 11.9. The highest BCUT2D eigenvalue weighted by Gasteiger charge is 2.09. The Bertz CT molecular complexity index is 749. The molecular formula is C20H31ClN2O2S. The van der Waals surface area contributed by atoms with E-state index in [2.05, 4.69) is 5.43 Å². The van der Waals surface area contributed by atoms with Gasteiger partial charge in [0.05, 0.1) is 4.90 Å². The van der Waals surface area contributed by atoms with Gasteiger partial charge in [0.15, 0.2) is 9.84 Å². The van der Waals surface area contributed by atoms with E-state index in [1.807, 2.05) is 64.9 Å². The van der Waals surface area contributed by atoms with Crippen molar-refractivity contribution in [2.45, 2.75) is 39.5 Å². The molecular weight excluding hydrogens is 368 g/mol. The number of rotatable bonds is 2. The Hall–Kier alpha value is -1.56. The molecule has 0 bridgehead atoms. The molecule has 1 N–H and O–H groups in total. The first kappa shape index (κ1) is 24.4. The number of nitrogens with one attached hydrogen (secondary N) is 1. The smallest absolute Gasteiger partial charge is 0.175 e. The number of hydrogen-bond donors (Lipinski definition) is 1. The van der Waals surface area contributed by atoms with Crippen LogP contribution in [-0.2, 0) is 9.84 Å². The van der Waals surface area contributed by atoms with Crippen LogP contribution in [-0.4, -0.2) is 33.3 Å². The van der Waals surface area contributed by atoms with E-state index in [1.165, 1.54) is 6.26 Å². The molecule has 0 unspecified atom stereocenters. The third kappa shape index (κ3) is 8.21. The Morgan fingerprint density at radius 2 is 1.58 bits per heavy atom. The van der Waals surface area contributed by atoms with Gasteiger partial charge in [-0.25, -0.2) is 13.4 Å². The highest BCUT2D eigenvalue weighted by atomic mass is 35.5. The van der Waals surface area contributed by atoms with Crippen LogP contribution in [0, 0.1) is 0 Å². The normalized spacial score (nSPS) is 21.2. The van der Waals surface area contributed by atoms with Crippen molar-refractivity contribution in [1.29, 1.82) is 0 Å². The number of allylic oxidation sites excluding steroid dienone is 5. The number of halogens is 1. The summed E-state index contributed by atoms with van der Waals surface area (Å²) in [5.74, 6) is 0. The molecule has 0 fully saturated rings. The number of likely N-dealkylation sites (N-methyl/N-ethyl adjacent to an activating group) is 1. The molecule has 1 aromatic rings. The lowest BCUT2D eigenvalue weighted by Gasteiger charge is -2.17. The summed E-state index contributed by atoms with van der Waals surface area (Å²) in [5, 5.41) is 2.55. The van der Waals surface area contributed by atoms with Crippen molar-refractivity contribution in [1.82, 2.24) is 10.4 Å². The fraction of sp³-hybridized carbons (Fsp3) is 0.400. The van der Waals surface area contributed by atoms with E-state index in [0.717, 1.165) is 16.8 Å². The predicted octanol–water partition coefficient (Wildman–Crippen LogP) is 5.00. The summed E-state index contributed by atoms with van der Waals surface area (Å²) < 4.78 is 23.1. The summed E-state index contributed by atoms with van der Waals surface area (Å²) in [6, 6.07) is 6.82. The van der Waals surface area contributed by atoms with Crippen LogP contribution in [0.3, 0.4) is 0 Å². The first-order valence-corrected chi connectivity index (χ1v) is 11.1. The highest BCUT2D eigenvalue weighted by Crippen LogP contribution is 2.22. The molecule has 1 aromatic carbocycles. The van der Waals surface area contributed by atoms with E-state index in [4.69, 9.17) is 11.6 Å². The average Bonchev–Trinajstić information content (AvgIpc) is 2.66. The van der Waals surface area contributed by atoms with Gasteiger partial charge in [-0.1, -0.05) is 57.5 Å². The van der Waals surface area contributed by atoms with Crippen molar-refractivity contribution in [3.63, 3.8) is 0 Å². The monoisotopic (exact) mass is 398 g/mol. The van der Waals surface area contributed by atoms with E-state index >= 15 is 0 Å². The minimum Gasteiger partial charge on any atom is -0.323 e. The van der Waals surface area contributed by atoms with Crippen LogP contribution in [0.2, 0.25) is 0 Å². The zero-order valence-corrected chi connectivity index (χ0v) is 18.4. The van der Waals surface area contributed by atoms with Crippen molar-refractivity contribution < 1.29 is 8.42 Å². The number of hydrogen-bond acceptors (Lipinski definition) is 4. The molecule has 1 aliphatic heterocycles. The molecule has 0 aromatic heterocycles. The maximum absolute atomic E-state index is 11.5. The highest BCUT2D eigenvalue weighted by molar-refractivity contribution is 7.90. The molecule has 4 nitrogen and oxygen atoms in total. The zero-order valence-electron chi connectivity index (χ0n) is 16.8. The molecule has 0 radical (unpaired) electrons. The first-order valence-electron chi connectivity index (χ1n) is 8.79. The van der Waals surface area contributed by atoms with Crippen LogP contribution < -0.4 is 5.43 Å². The summed E-state index contributed by atoms with van der Waals surface area (Å²) in [4.78, 5) is 0.310. The topological polar surface area (TPSA) is 49.4 Å². The molecule has 26 heavy (non-hydrogen) atoms. The van der Waals surface area contributed by atoms with Crippen molar-refractivity contribution in [2.75, 3.05) is 19.8 Å². The van der Waals surface area contributed by atoms with Crippen molar-refractivity contribution >= 4 is 27.0 Å². The third-order valence-corrected chi connectivity index (χ3v) is 4.56. The van der Waals surface area contributed by atoms with Crippen LogP contribution >= 0.6 is 11.6 Å². The quantitative estimate of drug-likeness (QED) is 0.761. The van der Waals surface area contributed by atoms with Gasteiger partial charge in [-0.05, 0) is 42.3 Å². The lowest BCUT2D eigenvalue weighted by atomic mass is 10.0. The van der Waals surface area contributed by atoms with Gasteiger partial charge in [0.25, 0.3) is 0 Å². The van der Waals surface area contributed by atoms with Crippen molar-refractivity contribution in [3.05, 3.63) is 58.8 Å². The molecule has 0 atom stereocenters. The van der Waals surface area contributed by atoms with Gasteiger partial charge in [-0.3, -0.25) is 0 Å². The third-order valence-electron chi connectivity index (χ3n) is 3.22. The Kier molecular flexibility index (Phi) is 11.2. The summed E-state index contributed by atoms with van der Waals surface area (Å²) in [6.45, 7) is 10.6. The number of hydrazine groups is 1. The van der Waals surface area contributed by atoms with E-state index in [0.29, 0.717) is 16.5 Å². The molecule has 0 spiro atoms. The van der Waals surface area contributed by atoms with E-state index in [1.54, 1.807) is 24.3 Å².